The third-order valence-corrected chi connectivity index (χ3v) is 5.42. The predicted molar refractivity (Wildman–Crippen MR) is 121 cm³/mol. The molecule has 1 aliphatic carbocycles. The van der Waals surface area contributed by atoms with E-state index in [0.717, 1.165) is 34.4 Å². The quantitative estimate of drug-likeness (QED) is 0.349. The summed E-state index contributed by atoms with van der Waals surface area (Å²) >= 11 is 0. The van der Waals surface area contributed by atoms with E-state index in [0.29, 0.717) is 0 Å². The van der Waals surface area contributed by atoms with Gasteiger partial charge in [-0.15, -0.1) is 0 Å². The number of ether oxygens (including phenoxy) is 1. The van der Waals surface area contributed by atoms with E-state index in [9.17, 15) is 19.8 Å². The molecular formula is C26H21NO6. The number of amides is 1. The van der Waals surface area contributed by atoms with Crippen molar-refractivity contribution in [1.82, 2.24) is 5.32 Å². The predicted octanol–water partition coefficient (Wildman–Crippen LogP) is 4.08. The number of phenols is 2. The van der Waals surface area contributed by atoms with Gasteiger partial charge in [0, 0.05) is 18.9 Å². The molecule has 0 radical (unpaired) electrons. The normalized spacial score (nSPS) is 11.6. The largest absolute Gasteiger partial charge is 0.506 e. The lowest BCUT2D eigenvalue weighted by atomic mass is 9.98. The molecule has 1 amide bonds. The highest BCUT2D eigenvalue weighted by atomic mass is 16.5. The fourth-order valence-corrected chi connectivity index (χ4v) is 3.89. The van der Waals surface area contributed by atoms with Gasteiger partial charge in [0.1, 0.15) is 23.7 Å². The molecule has 7 nitrogen and oxygen atoms in total. The molecular weight excluding hydrogens is 422 g/mol. The topological polar surface area (TPSA) is 116 Å². The summed E-state index contributed by atoms with van der Waals surface area (Å²) in [7, 11) is 0. The summed E-state index contributed by atoms with van der Waals surface area (Å²) in [5.41, 5.74) is 4.26. The molecule has 0 aliphatic heterocycles. The van der Waals surface area contributed by atoms with Gasteiger partial charge in [-0.1, -0.05) is 60.4 Å². The van der Waals surface area contributed by atoms with Gasteiger partial charge in [0.05, 0.1) is 5.56 Å². The van der Waals surface area contributed by atoms with Crippen LogP contribution in [-0.2, 0) is 4.74 Å². The summed E-state index contributed by atoms with van der Waals surface area (Å²) in [6.07, 6.45) is -0.320. The van der Waals surface area contributed by atoms with Gasteiger partial charge in [0.2, 0.25) is 0 Å². The third-order valence-electron chi connectivity index (χ3n) is 5.42. The number of carbonyl (C=O) groups excluding carboxylic acids is 1. The van der Waals surface area contributed by atoms with Crippen LogP contribution in [0.15, 0.2) is 60.7 Å². The zero-order valence-electron chi connectivity index (χ0n) is 17.5. The van der Waals surface area contributed by atoms with Crippen molar-refractivity contribution in [1.29, 1.82) is 0 Å². The highest BCUT2D eigenvalue weighted by Crippen LogP contribution is 2.44. The van der Waals surface area contributed by atoms with Crippen LogP contribution in [-0.4, -0.2) is 40.5 Å². The zero-order chi connectivity index (χ0) is 23.4. The second-order valence-electron chi connectivity index (χ2n) is 7.50. The van der Waals surface area contributed by atoms with Crippen LogP contribution in [0.25, 0.3) is 11.1 Å². The zero-order valence-corrected chi connectivity index (χ0v) is 17.5. The Labute approximate surface area is 190 Å². The molecule has 0 unspecified atom stereocenters. The summed E-state index contributed by atoms with van der Waals surface area (Å²) in [6, 6.07) is 18.2. The molecule has 166 valence electrons. The second-order valence-corrected chi connectivity index (χ2v) is 7.50. The molecule has 33 heavy (non-hydrogen) atoms. The van der Waals surface area contributed by atoms with Gasteiger partial charge < -0.3 is 25.4 Å². The molecule has 3 aromatic carbocycles. The number of aromatic carboxylic acids is 1. The highest BCUT2D eigenvalue weighted by Gasteiger charge is 2.28. The van der Waals surface area contributed by atoms with E-state index in [1.807, 2.05) is 36.4 Å². The van der Waals surface area contributed by atoms with E-state index < -0.39 is 23.6 Å². The Morgan fingerprint density at radius 2 is 1.52 bits per heavy atom. The van der Waals surface area contributed by atoms with Crippen LogP contribution in [0, 0.1) is 11.8 Å². The number of carboxylic acid groups (broad SMARTS) is 1. The lowest BCUT2D eigenvalue weighted by Crippen LogP contribution is -2.26. The number of hydrogen-bond acceptors (Lipinski definition) is 5. The fourth-order valence-electron chi connectivity index (χ4n) is 3.89. The van der Waals surface area contributed by atoms with Crippen LogP contribution < -0.4 is 5.32 Å². The molecule has 0 saturated heterocycles. The lowest BCUT2D eigenvalue weighted by molar-refractivity contribution is 0.0695. The van der Waals surface area contributed by atoms with Gasteiger partial charge in [-0.2, -0.15) is 0 Å². The first kappa shape index (κ1) is 21.8. The van der Waals surface area contributed by atoms with Gasteiger partial charge in [0.15, 0.2) is 0 Å². The molecule has 0 bridgehead atoms. The van der Waals surface area contributed by atoms with Gasteiger partial charge in [-0.25, -0.2) is 9.59 Å². The third kappa shape index (κ3) is 4.60. The van der Waals surface area contributed by atoms with Crippen LogP contribution >= 0.6 is 0 Å². The molecule has 0 heterocycles. The number of benzene rings is 3. The average molecular weight is 443 g/mol. The molecule has 0 atom stereocenters. The smallest absolute Gasteiger partial charge is 0.407 e. The van der Waals surface area contributed by atoms with Crippen LogP contribution in [0.2, 0.25) is 0 Å². The fraction of sp³-hybridized carbons (Fsp3) is 0.154. The van der Waals surface area contributed by atoms with Gasteiger partial charge in [-0.05, 0) is 34.4 Å². The molecule has 0 saturated carbocycles. The molecule has 3 aromatic rings. The van der Waals surface area contributed by atoms with Crippen molar-refractivity contribution in [2.24, 2.45) is 0 Å². The molecule has 1 aliphatic rings. The van der Waals surface area contributed by atoms with E-state index in [1.54, 1.807) is 0 Å². The van der Waals surface area contributed by atoms with Crippen molar-refractivity contribution in [3.63, 3.8) is 0 Å². The number of hydrogen-bond donors (Lipinski definition) is 4. The number of rotatable bonds is 5. The van der Waals surface area contributed by atoms with E-state index in [2.05, 4.69) is 29.3 Å². The maximum Gasteiger partial charge on any atom is 0.407 e. The van der Waals surface area contributed by atoms with Crippen molar-refractivity contribution in [3.05, 3.63) is 82.9 Å². The first-order valence-electron chi connectivity index (χ1n) is 10.3. The van der Waals surface area contributed by atoms with Crippen LogP contribution in [0.1, 0.15) is 39.4 Å². The molecule has 7 heteroatoms. The maximum absolute atomic E-state index is 12.1. The van der Waals surface area contributed by atoms with Crippen LogP contribution in [0.4, 0.5) is 4.79 Å². The SMILES string of the molecule is O=C(NCCC#Cc1c(O)cc(C(=O)O)cc1O)OCC1c2ccccc2-c2ccccc21. The molecule has 0 aromatic heterocycles. The van der Waals surface area contributed by atoms with Crippen molar-refractivity contribution in [2.45, 2.75) is 12.3 Å². The highest BCUT2D eigenvalue weighted by molar-refractivity contribution is 5.89. The van der Waals surface area contributed by atoms with E-state index >= 15 is 0 Å². The standard InChI is InChI=1S/C26H21NO6/c28-23-13-16(25(30)31)14-24(29)21(23)11-5-6-12-27-26(32)33-15-22-19-9-3-1-7-17(19)18-8-2-4-10-20(18)22/h1-4,7-10,13-14,22,28-29H,6,12,15H2,(H,27,32)(H,30,31). The number of nitrogens with one attached hydrogen (secondary N) is 1. The van der Waals surface area contributed by atoms with E-state index in [1.165, 1.54) is 0 Å². The van der Waals surface area contributed by atoms with Crippen molar-refractivity contribution in [2.75, 3.05) is 13.2 Å². The number of phenolic OH excluding ortho intramolecular Hbond substituents is 2. The maximum atomic E-state index is 12.1. The second kappa shape index (κ2) is 9.37. The van der Waals surface area contributed by atoms with E-state index in [-0.39, 0.29) is 36.6 Å². The lowest BCUT2D eigenvalue weighted by Gasteiger charge is -2.14. The molecule has 0 spiro atoms. The van der Waals surface area contributed by atoms with Crippen molar-refractivity contribution in [3.8, 4) is 34.5 Å². The number of carbonyl (C=O) groups is 2. The van der Waals surface area contributed by atoms with E-state index in [4.69, 9.17) is 9.84 Å². The molecule has 0 fully saturated rings. The Kier molecular flexibility index (Phi) is 6.18. The monoisotopic (exact) mass is 443 g/mol. The number of aromatic hydroxyl groups is 2. The summed E-state index contributed by atoms with van der Waals surface area (Å²) in [5, 5.41) is 31.3. The molecule has 4 N–H and O–H groups in total. The minimum atomic E-state index is -1.27. The van der Waals surface area contributed by atoms with Crippen molar-refractivity contribution < 1.29 is 29.6 Å². The van der Waals surface area contributed by atoms with Gasteiger partial charge in [-0.3, -0.25) is 0 Å². The number of carboxylic acids is 1. The Bertz CT molecular complexity index is 1220. The van der Waals surface area contributed by atoms with Crippen LogP contribution in [0.5, 0.6) is 11.5 Å². The summed E-state index contributed by atoms with van der Waals surface area (Å²) < 4.78 is 5.44. The average Bonchev–Trinajstić information content (AvgIpc) is 3.12. The summed E-state index contributed by atoms with van der Waals surface area (Å²) in [6.45, 7) is 0.418. The van der Waals surface area contributed by atoms with Gasteiger partial charge in [0.25, 0.3) is 0 Å². The first-order chi connectivity index (χ1) is 16.0. The Balaban J connectivity index is 1.30. The minimum absolute atomic E-state index is 0.0253. The Morgan fingerprint density at radius 1 is 0.939 bits per heavy atom. The van der Waals surface area contributed by atoms with Crippen molar-refractivity contribution >= 4 is 12.1 Å². The first-order valence-corrected chi connectivity index (χ1v) is 10.3. The van der Waals surface area contributed by atoms with Gasteiger partial charge >= 0.3 is 12.1 Å². The summed E-state index contributed by atoms with van der Waals surface area (Å²) in [4.78, 5) is 23.1. The summed E-state index contributed by atoms with van der Waals surface area (Å²) in [5.74, 6) is 3.16. The number of alkyl carbamates (subject to hydrolysis) is 1. The van der Waals surface area contributed by atoms with Crippen LogP contribution in [0.3, 0.4) is 0 Å². The number of fused-ring (bicyclic) bond motifs is 3. The Morgan fingerprint density at radius 3 is 2.09 bits per heavy atom. The Hall–Kier alpha value is -4.44. The minimum Gasteiger partial charge on any atom is -0.506 e. The molecule has 4 rings (SSSR count).